The van der Waals surface area contributed by atoms with Gasteiger partial charge in [-0.15, -0.1) is 0 Å². The molecule has 3 aromatic rings. The number of carbonyl (C=O) groups is 1. The third kappa shape index (κ3) is 5.49. The molecule has 2 aromatic carbocycles. The van der Waals surface area contributed by atoms with Crippen molar-refractivity contribution >= 4 is 30.2 Å². The molecule has 0 saturated carbocycles. The first kappa shape index (κ1) is 18.8. The monoisotopic (exact) mass is 378 g/mol. The lowest BCUT2D eigenvalue weighted by atomic mass is 10.1. The maximum absolute atomic E-state index is 12.0. The summed E-state index contributed by atoms with van der Waals surface area (Å²) in [7, 11) is 0. The van der Waals surface area contributed by atoms with E-state index in [4.69, 9.17) is 0 Å². The van der Waals surface area contributed by atoms with Crippen LogP contribution >= 0.6 is 12.8 Å². The molecule has 3 rings (SSSR count). The van der Waals surface area contributed by atoms with Crippen LogP contribution in [0.3, 0.4) is 0 Å². The van der Waals surface area contributed by atoms with Gasteiger partial charge in [0.15, 0.2) is 0 Å². The van der Waals surface area contributed by atoms with Gasteiger partial charge in [-0.25, -0.2) is 4.79 Å². The molecular weight excluding hydrogens is 356 g/mol. The number of nitrogens with zero attached hydrogens (tertiary/aromatic N) is 2. The summed E-state index contributed by atoms with van der Waals surface area (Å²) >= 11 is 4.58. The van der Waals surface area contributed by atoms with Crippen LogP contribution < -0.4 is 14.9 Å². The third-order valence-electron chi connectivity index (χ3n) is 4.21. The van der Waals surface area contributed by atoms with E-state index >= 15 is 0 Å². The minimum atomic E-state index is -0.248. The number of nitrogens with one attached hydrogen (secondary N) is 2. The van der Waals surface area contributed by atoms with Crippen LogP contribution in [0.4, 0.5) is 16.2 Å². The molecule has 5 nitrogen and oxygen atoms in total. The molecule has 0 unspecified atom stereocenters. The summed E-state index contributed by atoms with van der Waals surface area (Å²) in [4.78, 5) is 16.0. The molecule has 0 aliphatic carbocycles. The van der Waals surface area contributed by atoms with E-state index in [1.165, 1.54) is 11.1 Å². The number of carbonyl (C=O) groups excluding carboxylic acids is 1. The fourth-order valence-corrected chi connectivity index (χ4v) is 2.90. The average molecular weight is 379 g/mol. The number of amides is 2. The Labute approximate surface area is 165 Å². The Morgan fingerprint density at radius 3 is 2.44 bits per heavy atom. The summed E-state index contributed by atoms with van der Waals surface area (Å²) in [5.74, 6) is 0. The number of aromatic nitrogens is 1. The fourth-order valence-electron chi connectivity index (χ4n) is 2.62. The summed E-state index contributed by atoms with van der Waals surface area (Å²) in [5, 5.41) is 5.65. The number of pyridine rings is 1. The first-order valence-electron chi connectivity index (χ1n) is 8.66. The molecule has 0 atom stereocenters. The standard InChI is InChI=1S/C21H22N4OS/c1-16-4-2-3-5-18(16)15-25(27)20-8-6-19(7-9-20)24-21(26)23-14-17-10-12-22-13-11-17/h2-13,27H,14-15H2,1H3,(H2,23,24,26). The van der Waals surface area contributed by atoms with Gasteiger partial charge in [0.25, 0.3) is 0 Å². The Kier molecular flexibility index (Phi) is 6.33. The molecular formula is C21H22N4OS. The lowest BCUT2D eigenvalue weighted by Crippen LogP contribution is -2.28. The number of hydrogen-bond acceptors (Lipinski definition) is 4. The highest BCUT2D eigenvalue weighted by atomic mass is 32.1. The van der Waals surface area contributed by atoms with E-state index in [-0.39, 0.29) is 6.03 Å². The van der Waals surface area contributed by atoms with Crippen LogP contribution in [0.5, 0.6) is 0 Å². The summed E-state index contributed by atoms with van der Waals surface area (Å²) in [5.41, 5.74) is 5.15. The summed E-state index contributed by atoms with van der Waals surface area (Å²) in [6.07, 6.45) is 3.40. The number of urea groups is 1. The molecule has 2 N–H and O–H groups in total. The maximum atomic E-state index is 12.0. The highest BCUT2D eigenvalue weighted by molar-refractivity contribution is 7.81. The third-order valence-corrected chi connectivity index (χ3v) is 4.58. The minimum absolute atomic E-state index is 0.248. The lowest BCUT2D eigenvalue weighted by Gasteiger charge is -2.19. The van der Waals surface area contributed by atoms with E-state index < -0.39 is 0 Å². The van der Waals surface area contributed by atoms with Crippen LogP contribution in [-0.4, -0.2) is 11.0 Å². The SMILES string of the molecule is Cc1ccccc1CN(S)c1ccc(NC(=O)NCc2ccncc2)cc1. The largest absolute Gasteiger partial charge is 0.334 e. The van der Waals surface area contributed by atoms with Gasteiger partial charge in [0, 0.05) is 30.3 Å². The molecule has 0 aliphatic heterocycles. The van der Waals surface area contributed by atoms with E-state index in [0.717, 1.165) is 16.9 Å². The predicted octanol–water partition coefficient (Wildman–Crippen LogP) is 4.56. The van der Waals surface area contributed by atoms with Crippen LogP contribution in [0.25, 0.3) is 0 Å². The number of benzene rings is 2. The van der Waals surface area contributed by atoms with Crippen molar-refractivity contribution in [3.05, 3.63) is 89.7 Å². The van der Waals surface area contributed by atoms with E-state index in [1.807, 2.05) is 52.8 Å². The van der Waals surface area contributed by atoms with Crippen molar-refractivity contribution in [1.29, 1.82) is 0 Å². The van der Waals surface area contributed by atoms with Crippen LogP contribution in [0.2, 0.25) is 0 Å². The van der Waals surface area contributed by atoms with Gasteiger partial charge >= 0.3 is 6.03 Å². The second kappa shape index (κ2) is 9.09. The van der Waals surface area contributed by atoms with Crippen molar-refractivity contribution in [3.8, 4) is 0 Å². The van der Waals surface area contributed by atoms with Gasteiger partial charge in [-0.2, -0.15) is 0 Å². The first-order chi connectivity index (χ1) is 13.1. The smallest absolute Gasteiger partial charge is 0.319 e. The van der Waals surface area contributed by atoms with Crippen LogP contribution in [-0.2, 0) is 13.1 Å². The molecule has 0 spiro atoms. The number of anilines is 2. The second-order valence-corrected chi connectivity index (χ2v) is 6.68. The van der Waals surface area contributed by atoms with E-state index in [9.17, 15) is 4.79 Å². The van der Waals surface area contributed by atoms with Crippen LogP contribution in [0.15, 0.2) is 73.1 Å². The number of thiol groups is 1. The van der Waals surface area contributed by atoms with Crippen LogP contribution in [0, 0.1) is 6.92 Å². The molecule has 1 heterocycles. The number of aryl methyl sites for hydroxylation is 1. The van der Waals surface area contributed by atoms with E-state index in [1.54, 1.807) is 12.4 Å². The Balaban J connectivity index is 1.53. The molecule has 1 aromatic heterocycles. The highest BCUT2D eigenvalue weighted by Crippen LogP contribution is 2.22. The Bertz CT molecular complexity index is 884. The molecule has 6 heteroatoms. The van der Waals surface area contributed by atoms with Gasteiger partial charge in [-0.3, -0.25) is 4.98 Å². The molecule has 2 amide bonds. The molecule has 0 aliphatic rings. The maximum Gasteiger partial charge on any atom is 0.319 e. The van der Waals surface area contributed by atoms with Gasteiger partial charge in [0.1, 0.15) is 0 Å². The van der Waals surface area contributed by atoms with Gasteiger partial charge in [-0.1, -0.05) is 37.1 Å². The molecule has 138 valence electrons. The Morgan fingerprint density at radius 1 is 1.04 bits per heavy atom. The van der Waals surface area contributed by atoms with Crippen LogP contribution in [0.1, 0.15) is 16.7 Å². The van der Waals surface area contributed by atoms with Crippen molar-refractivity contribution in [3.63, 3.8) is 0 Å². The molecule has 0 bridgehead atoms. The lowest BCUT2D eigenvalue weighted by molar-refractivity contribution is 0.251. The molecule has 0 saturated heterocycles. The van der Waals surface area contributed by atoms with Crippen molar-refractivity contribution < 1.29 is 4.79 Å². The topological polar surface area (TPSA) is 57.3 Å². The van der Waals surface area contributed by atoms with Crippen molar-refractivity contribution in [1.82, 2.24) is 10.3 Å². The van der Waals surface area contributed by atoms with Gasteiger partial charge in [-0.05, 0) is 60.0 Å². The summed E-state index contributed by atoms with van der Waals surface area (Å²) < 4.78 is 1.88. The Hall–Kier alpha value is -2.99. The summed E-state index contributed by atoms with van der Waals surface area (Å²) in [6, 6.07) is 19.3. The molecule has 27 heavy (non-hydrogen) atoms. The quantitative estimate of drug-likeness (QED) is 0.551. The molecule has 0 radical (unpaired) electrons. The number of hydrogen-bond donors (Lipinski definition) is 3. The van der Waals surface area contributed by atoms with Gasteiger partial charge in [0.2, 0.25) is 0 Å². The summed E-state index contributed by atoms with van der Waals surface area (Å²) in [6.45, 7) is 3.25. The van der Waals surface area contributed by atoms with Gasteiger partial charge in [0.05, 0.1) is 6.54 Å². The first-order valence-corrected chi connectivity index (χ1v) is 9.06. The Morgan fingerprint density at radius 2 is 1.74 bits per heavy atom. The van der Waals surface area contributed by atoms with Crippen molar-refractivity contribution in [2.45, 2.75) is 20.0 Å². The zero-order valence-electron chi connectivity index (χ0n) is 15.1. The van der Waals surface area contributed by atoms with Crippen molar-refractivity contribution in [2.75, 3.05) is 9.62 Å². The van der Waals surface area contributed by atoms with E-state index in [2.05, 4.69) is 47.5 Å². The number of rotatable bonds is 6. The zero-order chi connectivity index (χ0) is 19.1. The van der Waals surface area contributed by atoms with Crippen molar-refractivity contribution in [2.24, 2.45) is 0 Å². The van der Waals surface area contributed by atoms with Gasteiger partial charge < -0.3 is 14.9 Å². The normalized spacial score (nSPS) is 10.3. The second-order valence-electron chi connectivity index (χ2n) is 6.19. The highest BCUT2D eigenvalue weighted by Gasteiger charge is 2.06. The predicted molar refractivity (Wildman–Crippen MR) is 113 cm³/mol. The molecule has 0 fully saturated rings. The van der Waals surface area contributed by atoms with E-state index in [0.29, 0.717) is 13.1 Å². The zero-order valence-corrected chi connectivity index (χ0v) is 16.0. The fraction of sp³-hybridized carbons (Fsp3) is 0.143. The minimum Gasteiger partial charge on any atom is -0.334 e. The average Bonchev–Trinajstić information content (AvgIpc) is 2.69.